The summed E-state index contributed by atoms with van der Waals surface area (Å²) in [7, 11) is 3.43. The summed E-state index contributed by atoms with van der Waals surface area (Å²) in [4.78, 5) is 13.3. The van der Waals surface area contributed by atoms with Crippen molar-refractivity contribution < 1.29 is 14.6 Å². The Morgan fingerprint density at radius 1 is 1.73 bits per heavy atom. The number of nitrogens with zero attached hydrogens (tertiary/aromatic N) is 1. The molecule has 0 spiro atoms. The first kappa shape index (κ1) is 12.4. The van der Waals surface area contributed by atoms with E-state index >= 15 is 0 Å². The van der Waals surface area contributed by atoms with Crippen LogP contribution in [0.15, 0.2) is 0 Å². The lowest BCUT2D eigenvalue weighted by atomic mass is 10.1. The van der Waals surface area contributed by atoms with Gasteiger partial charge in [-0.3, -0.25) is 4.79 Å². The number of carbonyl (C=O) groups excluding carboxylic acids is 1. The van der Waals surface area contributed by atoms with E-state index in [0.29, 0.717) is 13.0 Å². The van der Waals surface area contributed by atoms with Crippen molar-refractivity contribution in [2.45, 2.75) is 24.9 Å². The summed E-state index contributed by atoms with van der Waals surface area (Å²) >= 11 is 0. The van der Waals surface area contributed by atoms with Gasteiger partial charge in [0.1, 0.15) is 0 Å². The van der Waals surface area contributed by atoms with Gasteiger partial charge >= 0.3 is 0 Å². The highest BCUT2D eigenvalue weighted by Gasteiger charge is 2.30. The number of nitrogens with one attached hydrogen (secondary N) is 1. The van der Waals surface area contributed by atoms with Crippen molar-refractivity contribution in [3.8, 4) is 0 Å². The summed E-state index contributed by atoms with van der Waals surface area (Å²) < 4.78 is 5.03. The van der Waals surface area contributed by atoms with Gasteiger partial charge in [-0.25, -0.2) is 0 Å². The molecule has 5 heteroatoms. The van der Waals surface area contributed by atoms with Crippen molar-refractivity contribution in [2.24, 2.45) is 0 Å². The molecule has 1 heterocycles. The zero-order valence-corrected chi connectivity index (χ0v) is 9.40. The molecule has 0 radical (unpaired) electrons. The molecule has 2 N–H and O–H groups in total. The van der Waals surface area contributed by atoms with E-state index in [1.54, 1.807) is 19.1 Å². The summed E-state index contributed by atoms with van der Waals surface area (Å²) in [6.45, 7) is 1.43. The number of carbonyl (C=O) groups is 1. The third-order valence-electron chi connectivity index (χ3n) is 2.71. The Morgan fingerprint density at radius 2 is 2.47 bits per heavy atom. The van der Waals surface area contributed by atoms with E-state index in [4.69, 9.17) is 9.84 Å². The molecule has 0 bridgehead atoms. The predicted molar refractivity (Wildman–Crippen MR) is 56.5 cm³/mol. The molecular weight excluding hydrogens is 196 g/mol. The number of aliphatic hydroxyl groups excluding tert-OH is 1. The van der Waals surface area contributed by atoms with E-state index in [2.05, 4.69) is 5.32 Å². The molecule has 0 aromatic heterocycles. The van der Waals surface area contributed by atoms with Gasteiger partial charge in [-0.15, -0.1) is 0 Å². The zero-order chi connectivity index (χ0) is 11.3. The highest BCUT2D eigenvalue weighted by molar-refractivity contribution is 5.83. The van der Waals surface area contributed by atoms with Gasteiger partial charge < -0.3 is 20.1 Å². The van der Waals surface area contributed by atoms with E-state index < -0.39 is 0 Å². The number of likely N-dealkylation sites (tertiary alicyclic amines) is 1. The van der Waals surface area contributed by atoms with Crippen LogP contribution in [-0.4, -0.2) is 61.9 Å². The average Bonchev–Trinajstić information content (AvgIpc) is 2.51. The van der Waals surface area contributed by atoms with Gasteiger partial charge in [0, 0.05) is 33.4 Å². The highest BCUT2D eigenvalue weighted by Crippen LogP contribution is 2.10. The summed E-state index contributed by atoms with van der Waals surface area (Å²) in [5.74, 6) is 0.133. The van der Waals surface area contributed by atoms with Crippen LogP contribution in [0.4, 0.5) is 0 Å². The van der Waals surface area contributed by atoms with Crippen molar-refractivity contribution >= 4 is 5.91 Å². The standard InChI is InChI=1S/C10H20N2O3/c1-12-5-3-9(10(12)14)11-8(4-6-13)7-15-2/h8-9,11,13H,3-7H2,1-2H3. The quantitative estimate of drug-likeness (QED) is 0.610. The van der Waals surface area contributed by atoms with Crippen molar-refractivity contribution in [2.75, 3.05) is 33.9 Å². The molecule has 1 rings (SSSR count). The number of rotatable bonds is 6. The van der Waals surface area contributed by atoms with E-state index in [1.807, 2.05) is 0 Å². The van der Waals surface area contributed by atoms with Crippen LogP contribution in [0.1, 0.15) is 12.8 Å². The topological polar surface area (TPSA) is 61.8 Å². The number of methoxy groups -OCH3 is 1. The third kappa shape index (κ3) is 3.44. The number of hydrogen-bond donors (Lipinski definition) is 2. The van der Waals surface area contributed by atoms with Crippen LogP contribution in [0.25, 0.3) is 0 Å². The first-order valence-electron chi connectivity index (χ1n) is 5.30. The van der Waals surface area contributed by atoms with Gasteiger partial charge in [0.2, 0.25) is 5.91 Å². The molecule has 1 amide bonds. The first-order chi connectivity index (χ1) is 7.19. The van der Waals surface area contributed by atoms with Gasteiger partial charge in [-0.1, -0.05) is 0 Å². The Balaban J connectivity index is 2.40. The molecule has 15 heavy (non-hydrogen) atoms. The SMILES string of the molecule is COCC(CCO)NC1CCN(C)C1=O. The van der Waals surface area contributed by atoms with Crippen molar-refractivity contribution in [3.05, 3.63) is 0 Å². The van der Waals surface area contributed by atoms with E-state index in [9.17, 15) is 4.79 Å². The van der Waals surface area contributed by atoms with Crippen LogP contribution in [0.2, 0.25) is 0 Å². The second kappa shape index (κ2) is 6.05. The fourth-order valence-electron chi connectivity index (χ4n) is 1.83. The summed E-state index contributed by atoms with van der Waals surface area (Å²) in [5, 5.41) is 12.1. The minimum atomic E-state index is -0.110. The fourth-order valence-corrected chi connectivity index (χ4v) is 1.83. The first-order valence-corrected chi connectivity index (χ1v) is 5.30. The molecule has 0 aromatic rings. The van der Waals surface area contributed by atoms with Gasteiger partial charge in [0.05, 0.1) is 12.6 Å². The molecule has 5 nitrogen and oxygen atoms in total. The molecule has 2 atom stereocenters. The van der Waals surface area contributed by atoms with Gasteiger partial charge in [0.15, 0.2) is 0 Å². The lowest BCUT2D eigenvalue weighted by Gasteiger charge is -2.20. The van der Waals surface area contributed by atoms with Crippen molar-refractivity contribution in [1.82, 2.24) is 10.2 Å². The zero-order valence-electron chi connectivity index (χ0n) is 9.40. The van der Waals surface area contributed by atoms with Crippen LogP contribution in [0.3, 0.4) is 0 Å². The van der Waals surface area contributed by atoms with Crippen LogP contribution in [-0.2, 0) is 9.53 Å². The third-order valence-corrected chi connectivity index (χ3v) is 2.71. The number of amides is 1. The molecule has 0 saturated carbocycles. The number of likely N-dealkylation sites (N-methyl/N-ethyl adjacent to an activating group) is 1. The lowest BCUT2D eigenvalue weighted by molar-refractivity contribution is -0.128. The smallest absolute Gasteiger partial charge is 0.239 e. The Kier molecular flexibility index (Phi) is 5.01. The van der Waals surface area contributed by atoms with E-state index in [-0.39, 0.29) is 24.6 Å². The molecule has 1 fully saturated rings. The molecule has 1 aliphatic rings. The molecule has 0 aliphatic carbocycles. The molecule has 88 valence electrons. The lowest BCUT2D eigenvalue weighted by Crippen LogP contribution is -2.45. The average molecular weight is 216 g/mol. The number of ether oxygens (including phenoxy) is 1. The molecule has 2 unspecified atom stereocenters. The summed E-state index contributed by atoms with van der Waals surface area (Å²) in [6, 6.07) is -0.0536. The second-order valence-electron chi connectivity index (χ2n) is 3.93. The van der Waals surface area contributed by atoms with Crippen LogP contribution >= 0.6 is 0 Å². The van der Waals surface area contributed by atoms with Gasteiger partial charge in [-0.2, -0.15) is 0 Å². The molecule has 0 aromatic carbocycles. The van der Waals surface area contributed by atoms with Gasteiger partial charge in [-0.05, 0) is 12.8 Å². The normalized spacial score (nSPS) is 23.5. The second-order valence-corrected chi connectivity index (χ2v) is 3.93. The van der Waals surface area contributed by atoms with E-state index in [0.717, 1.165) is 13.0 Å². The largest absolute Gasteiger partial charge is 0.396 e. The highest BCUT2D eigenvalue weighted by atomic mass is 16.5. The Bertz CT molecular complexity index is 205. The summed E-state index contributed by atoms with van der Waals surface area (Å²) in [6.07, 6.45) is 1.45. The minimum absolute atomic E-state index is 0.0560. The molecule has 1 aliphatic heterocycles. The maximum Gasteiger partial charge on any atom is 0.239 e. The van der Waals surface area contributed by atoms with Crippen LogP contribution < -0.4 is 5.32 Å². The Hall–Kier alpha value is -0.650. The molecular formula is C10H20N2O3. The van der Waals surface area contributed by atoms with Crippen LogP contribution in [0.5, 0.6) is 0 Å². The van der Waals surface area contributed by atoms with Crippen molar-refractivity contribution in [3.63, 3.8) is 0 Å². The monoisotopic (exact) mass is 216 g/mol. The Labute approximate surface area is 90.4 Å². The predicted octanol–water partition coefficient (Wildman–Crippen LogP) is -0.796. The van der Waals surface area contributed by atoms with E-state index in [1.165, 1.54) is 0 Å². The number of hydrogen-bond acceptors (Lipinski definition) is 4. The van der Waals surface area contributed by atoms with Gasteiger partial charge in [0.25, 0.3) is 0 Å². The maximum atomic E-state index is 11.6. The maximum absolute atomic E-state index is 11.6. The summed E-state index contributed by atoms with van der Waals surface area (Å²) in [5.41, 5.74) is 0. The van der Waals surface area contributed by atoms with Crippen LogP contribution in [0, 0.1) is 0 Å². The van der Waals surface area contributed by atoms with Crippen molar-refractivity contribution in [1.29, 1.82) is 0 Å². The Morgan fingerprint density at radius 3 is 2.93 bits per heavy atom. The molecule has 1 saturated heterocycles. The fraction of sp³-hybridized carbons (Fsp3) is 0.900. The number of aliphatic hydroxyl groups is 1. The minimum Gasteiger partial charge on any atom is -0.396 e.